The van der Waals surface area contributed by atoms with Gasteiger partial charge in [-0.3, -0.25) is 0 Å². The van der Waals surface area contributed by atoms with Crippen molar-refractivity contribution in [3.63, 3.8) is 0 Å². The molecule has 5 heteroatoms. The predicted molar refractivity (Wildman–Crippen MR) is 49.8 cm³/mol. The summed E-state index contributed by atoms with van der Waals surface area (Å²) in [5, 5.41) is 6.95. The maximum Gasteiger partial charge on any atom is 0.153 e. The Kier molecular flexibility index (Phi) is 2.97. The van der Waals surface area contributed by atoms with E-state index in [2.05, 4.69) is 10.2 Å². The van der Waals surface area contributed by atoms with Crippen LogP contribution in [0.5, 0.6) is 0 Å². The number of halogens is 1. The highest BCUT2D eigenvalue weighted by Crippen LogP contribution is 2.01. The molecule has 0 aromatic heterocycles. The monoisotopic (exact) mass is 180 g/mol. The number of nitrogens with two attached hydrogens (primary N) is 2. The molecule has 0 unspecified atom stereocenters. The molecule has 4 N–H and O–H groups in total. The molecule has 0 aliphatic heterocycles. The summed E-state index contributed by atoms with van der Waals surface area (Å²) >= 11 is 0. The van der Waals surface area contributed by atoms with Crippen LogP contribution in [0.15, 0.2) is 34.5 Å². The van der Waals surface area contributed by atoms with E-state index in [-0.39, 0.29) is 11.7 Å². The van der Waals surface area contributed by atoms with Crippen LogP contribution >= 0.6 is 0 Å². The van der Waals surface area contributed by atoms with Crippen molar-refractivity contribution in [1.29, 1.82) is 0 Å². The summed E-state index contributed by atoms with van der Waals surface area (Å²) < 4.78 is 12.5. The summed E-state index contributed by atoms with van der Waals surface area (Å²) in [7, 11) is 0. The quantitative estimate of drug-likeness (QED) is 0.393. The Morgan fingerprint density at radius 1 is 1.31 bits per heavy atom. The molecule has 0 amide bonds. The van der Waals surface area contributed by atoms with E-state index in [4.69, 9.17) is 11.5 Å². The van der Waals surface area contributed by atoms with E-state index in [1.807, 2.05) is 0 Å². The number of hydrogen-bond acceptors (Lipinski definition) is 2. The van der Waals surface area contributed by atoms with Crippen LogP contribution < -0.4 is 11.5 Å². The zero-order valence-electron chi connectivity index (χ0n) is 6.81. The summed E-state index contributed by atoms with van der Waals surface area (Å²) in [5.41, 5.74) is 11.1. The van der Waals surface area contributed by atoms with E-state index in [1.165, 1.54) is 24.3 Å². The fourth-order valence-electron chi connectivity index (χ4n) is 0.774. The first-order valence-electron chi connectivity index (χ1n) is 3.56. The molecular formula is C8H9FN4. The first-order valence-corrected chi connectivity index (χ1v) is 3.56. The summed E-state index contributed by atoms with van der Waals surface area (Å²) in [4.78, 5) is 0. The van der Waals surface area contributed by atoms with Gasteiger partial charge in [0.1, 0.15) is 12.2 Å². The first-order chi connectivity index (χ1) is 6.24. The average molecular weight is 180 g/mol. The zero-order valence-corrected chi connectivity index (χ0v) is 6.81. The molecule has 0 fully saturated rings. The largest absolute Gasteiger partial charge is 0.388 e. The lowest BCUT2D eigenvalue weighted by atomic mass is 10.2. The predicted octanol–water partition coefficient (Wildman–Crippen LogP) is 0.433. The summed E-state index contributed by atoms with van der Waals surface area (Å²) in [6.45, 7) is 0. The third-order valence-corrected chi connectivity index (χ3v) is 1.37. The highest BCUT2D eigenvalue weighted by atomic mass is 19.1. The average Bonchev–Trinajstić information content (AvgIpc) is 2.15. The molecule has 0 radical (unpaired) electrons. The molecular weight excluding hydrogens is 171 g/mol. The van der Waals surface area contributed by atoms with Crippen LogP contribution in [-0.2, 0) is 0 Å². The Hall–Kier alpha value is -1.91. The lowest BCUT2D eigenvalue weighted by Crippen LogP contribution is -2.12. The van der Waals surface area contributed by atoms with Crippen molar-refractivity contribution in [3.05, 3.63) is 35.6 Å². The van der Waals surface area contributed by atoms with Gasteiger partial charge in [0.05, 0.1) is 0 Å². The minimum absolute atomic E-state index is 0.196. The second kappa shape index (κ2) is 4.20. The van der Waals surface area contributed by atoms with E-state index in [0.717, 1.165) is 6.34 Å². The van der Waals surface area contributed by atoms with Crippen LogP contribution in [0.4, 0.5) is 4.39 Å². The second-order valence-electron chi connectivity index (χ2n) is 2.26. The summed E-state index contributed by atoms with van der Waals surface area (Å²) in [5.74, 6) is -0.124. The van der Waals surface area contributed by atoms with Gasteiger partial charge in [-0.1, -0.05) is 0 Å². The fraction of sp³-hybridized carbons (Fsp3) is 0. The number of nitrogens with zero attached hydrogens (tertiary/aromatic N) is 2. The van der Waals surface area contributed by atoms with Gasteiger partial charge in [0.15, 0.2) is 5.84 Å². The molecule has 0 bridgehead atoms. The Balaban J connectivity index is 2.89. The molecule has 68 valence electrons. The van der Waals surface area contributed by atoms with Crippen LogP contribution in [0.1, 0.15) is 5.56 Å². The van der Waals surface area contributed by atoms with E-state index < -0.39 is 0 Å². The summed E-state index contributed by atoms with van der Waals surface area (Å²) in [6.07, 6.45) is 1.02. The van der Waals surface area contributed by atoms with Gasteiger partial charge in [0.25, 0.3) is 0 Å². The van der Waals surface area contributed by atoms with E-state index >= 15 is 0 Å². The van der Waals surface area contributed by atoms with Gasteiger partial charge in [-0.25, -0.2) is 4.39 Å². The van der Waals surface area contributed by atoms with Crippen molar-refractivity contribution in [2.24, 2.45) is 21.7 Å². The molecule has 1 aromatic carbocycles. The molecule has 0 heterocycles. The number of rotatable bonds is 2. The molecule has 1 aromatic rings. The van der Waals surface area contributed by atoms with Gasteiger partial charge >= 0.3 is 0 Å². The molecule has 0 saturated heterocycles. The van der Waals surface area contributed by atoms with Crippen molar-refractivity contribution >= 4 is 12.2 Å². The number of benzene rings is 1. The van der Waals surface area contributed by atoms with Gasteiger partial charge < -0.3 is 11.5 Å². The third kappa shape index (κ3) is 2.55. The number of amidine groups is 1. The van der Waals surface area contributed by atoms with Gasteiger partial charge in [-0.2, -0.15) is 0 Å². The molecule has 0 aliphatic rings. The minimum atomic E-state index is -0.320. The van der Waals surface area contributed by atoms with Crippen molar-refractivity contribution < 1.29 is 4.39 Å². The topological polar surface area (TPSA) is 76.8 Å². The lowest BCUT2D eigenvalue weighted by Gasteiger charge is -1.96. The van der Waals surface area contributed by atoms with Crippen molar-refractivity contribution in [1.82, 2.24) is 0 Å². The minimum Gasteiger partial charge on any atom is -0.388 e. The molecule has 1 rings (SSSR count). The maximum absolute atomic E-state index is 12.5. The highest BCUT2D eigenvalue weighted by Gasteiger charge is 1.97. The standard InChI is InChI=1S/C8H9FN4/c9-7-3-1-6(2-4-7)8(11)13-12-5-10/h1-5H,(H2,10,12)(H2,11,13). The fourth-order valence-corrected chi connectivity index (χ4v) is 0.774. The molecule has 13 heavy (non-hydrogen) atoms. The molecule has 0 saturated carbocycles. The van der Waals surface area contributed by atoms with E-state index in [9.17, 15) is 4.39 Å². The third-order valence-electron chi connectivity index (χ3n) is 1.37. The highest BCUT2D eigenvalue weighted by molar-refractivity contribution is 5.97. The molecule has 0 aliphatic carbocycles. The van der Waals surface area contributed by atoms with Crippen LogP contribution in [0.25, 0.3) is 0 Å². The van der Waals surface area contributed by atoms with Gasteiger partial charge in [-0.05, 0) is 24.3 Å². The van der Waals surface area contributed by atoms with Crippen LogP contribution in [0.3, 0.4) is 0 Å². The molecule has 0 atom stereocenters. The Labute approximate surface area is 74.8 Å². The summed E-state index contributed by atoms with van der Waals surface area (Å²) in [6, 6.07) is 5.62. The van der Waals surface area contributed by atoms with Crippen molar-refractivity contribution in [3.8, 4) is 0 Å². The Bertz CT molecular complexity index is 329. The SMILES string of the molecule is N/C=N\N=C(/N)c1ccc(F)cc1. The van der Waals surface area contributed by atoms with E-state index in [1.54, 1.807) is 0 Å². The second-order valence-corrected chi connectivity index (χ2v) is 2.26. The van der Waals surface area contributed by atoms with Crippen molar-refractivity contribution in [2.75, 3.05) is 0 Å². The number of hydrogen-bond donors (Lipinski definition) is 2. The Morgan fingerprint density at radius 2 is 1.92 bits per heavy atom. The Morgan fingerprint density at radius 3 is 2.46 bits per heavy atom. The molecule has 4 nitrogen and oxygen atoms in total. The smallest absolute Gasteiger partial charge is 0.153 e. The van der Waals surface area contributed by atoms with Crippen molar-refractivity contribution in [2.45, 2.75) is 0 Å². The van der Waals surface area contributed by atoms with E-state index in [0.29, 0.717) is 5.56 Å². The molecule has 0 spiro atoms. The van der Waals surface area contributed by atoms with Crippen LogP contribution in [0, 0.1) is 5.82 Å². The van der Waals surface area contributed by atoms with Crippen LogP contribution in [0.2, 0.25) is 0 Å². The zero-order chi connectivity index (χ0) is 9.68. The van der Waals surface area contributed by atoms with Gasteiger partial charge in [0.2, 0.25) is 0 Å². The van der Waals surface area contributed by atoms with Gasteiger partial charge in [0, 0.05) is 5.56 Å². The maximum atomic E-state index is 12.5. The first kappa shape index (κ1) is 9.18. The normalized spacial score (nSPS) is 12.2. The lowest BCUT2D eigenvalue weighted by molar-refractivity contribution is 0.628. The van der Waals surface area contributed by atoms with Gasteiger partial charge in [-0.15, -0.1) is 10.2 Å². The van der Waals surface area contributed by atoms with Crippen LogP contribution in [-0.4, -0.2) is 12.2 Å².